The molecule has 6 heteroatoms. The van der Waals surface area contributed by atoms with E-state index >= 15 is 0 Å². The van der Waals surface area contributed by atoms with Crippen molar-refractivity contribution in [2.24, 2.45) is 9.98 Å². The number of carbonyl (C=O) groups excluding carboxylic acids is 1. The molecule has 0 aliphatic rings. The molecule has 3 aromatic carbocycles. The van der Waals surface area contributed by atoms with Crippen LogP contribution in [0.25, 0.3) is 0 Å². The van der Waals surface area contributed by atoms with Crippen LogP contribution in [-0.2, 0) is 17.6 Å². The van der Waals surface area contributed by atoms with Gasteiger partial charge in [-0.3, -0.25) is 14.8 Å². The summed E-state index contributed by atoms with van der Waals surface area (Å²) in [6.45, 7) is 8.00. The highest BCUT2D eigenvalue weighted by Crippen LogP contribution is 2.19. The molecule has 0 heterocycles. The predicted octanol–water partition coefficient (Wildman–Crippen LogP) is 5.73. The Morgan fingerprint density at radius 1 is 0.971 bits per heavy atom. The average molecular weight is 473 g/mol. The lowest BCUT2D eigenvalue weighted by Crippen LogP contribution is -2.37. The standard InChI is InChI=1S/C27H29FN4O.C2H4/c1-19(22-11-15-24(29)16-12-22)31-25(17-10-20-6-4-3-5-7-20)27(30-2)32-26(33)18-21-8-13-23(28)14-9-21;1-2/h3-9,11-16,19H,10,17-18,29H2,1-2H3,(H,30,32,33);1-2H2. The number of nitrogens with one attached hydrogen (secondary N) is 1. The van der Waals surface area contributed by atoms with Crippen LogP contribution in [0.2, 0.25) is 0 Å². The van der Waals surface area contributed by atoms with E-state index in [1.165, 1.54) is 17.7 Å². The number of nitrogens with zero attached hydrogens (tertiary/aromatic N) is 2. The van der Waals surface area contributed by atoms with E-state index in [2.05, 4.69) is 35.6 Å². The second-order valence-electron chi connectivity index (χ2n) is 7.83. The third-order valence-electron chi connectivity index (χ3n) is 5.29. The molecule has 0 fully saturated rings. The zero-order chi connectivity index (χ0) is 25.6. The van der Waals surface area contributed by atoms with E-state index in [0.29, 0.717) is 17.9 Å². The highest BCUT2D eigenvalue weighted by Gasteiger charge is 2.15. The van der Waals surface area contributed by atoms with Crippen molar-refractivity contribution in [3.8, 4) is 0 Å². The average Bonchev–Trinajstić information content (AvgIpc) is 2.88. The predicted molar refractivity (Wildman–Crippen MR) is 144 cm³/mol. The van der Waals surface area contributed by atoms with E-state index in [-0.39, 0.29) is 24.2 Å². The molecule has 0 radical (unpaired) electrons. The maximum Gasteiger partial charge on any atom is 0.229 e. The summed E-state index contributed by atoms with van der Waals surface area (Å²) in [5.41, 5.74) is 10.2. The molecule has 0 aliphatic heterocycles. The Kier molecular flexibility index (Phi) is 11.1. The maximum atomic E-state index is 13.2. The number of nitrogens with two attached hydrogens (primary N) is 1. The van der Waals surface area contributed by atoms with Crippen molar-refractivity contribution in [3.05, 3.63) is 115 Å². The van der Waals surface area contributed by atoms with Crippen LogP contribution in [0.4, 0.5) is 10.1 Å². The number of hydrogen-bond donors (Lipinski definition) is 2. The zero-order valence-corrected chi connectivity index (χ0v) is 20.4. The summed E-state index contributed by atoms with van der Waals surface area (Å²) in [6, 6.07) is 23.5. The van der Waals surface area contributed by atoms with Gasteiger partial charge in [0.15, 0.2) is 0 Å². The van der Waals surface area contributed by atoms with Crippen LogP contribution in [0, 0.1) is 5.82 Å². The summed E-state index contributed by atoms with van der Waals surface area (Å²) < 4.78 is 13.2. The van der Waals surface area contributed by atoms with Crippen molar-refractivity contribution >= 4 is 23.1 Å². The van der Waals surface area contributed by atoms with Gasteiger partial charge in [-0.25, -0.2) is 4.39 Å². The Morgan fingerprint density at radius 3 is 2.20 bits per heavy atom. The molecule has 182 valence electrons. The van der Waals surface area contributed by atoms with Crippen molar-refractivity contribution in [1.82, 2.24) is 5.32 Å². The van der Waals surface area contributed by atoms with Crippen molar-refractivity contribution in [2.45, 2.75) is 32.2 Å². The quantitative estimate of drug-likeness (QED) is 0.190. The lowest BCUT2D eigenvalue weighted by molar-refractivity contribution is -0.119. The molecule has 1 atom stereocenters. The van der Waals surface area contributed by atoms with Crippen LogP contribution in [0.5, 0.6) is 0 Å². The summed E-state index contributed by atoms with van der Waals surface area (Å²) in [4.78, 5) is 21.9. The molecular formula is C29H33FN4O. The first-order valence-electron chi connectivity index (χ1n) is 11.4. The van der Waals surface area contributed by atoms with Gasteiger partial charge in [-0.1, -0.05) is 54.6 Å². The maximum absolute atomic E-state index is 13.2. The number of aliphatic imine (C=N–C) groups is 2. The molecule has 0 saturated carbocycles. The van der Waals surface area contributed by atoms with E-state index in [4.69, 9.17) is 10.7 Å². The fraction of sp³-hybridized carbons (Fsp3) is 0.207. The fourth-order valence-electron chi connectivity index (χ4n) is 3.46. The number of amides is 1. The molecule has 3 rings (SSSR count). The number of aryl methyl sites for hydroxylation is 1. The van der Waals surface area contributed by atoms with Gasteiger partial charge in [0.25, 0.3) is 0 Å². The Bertz CT molecular complexity index is 1120. The van der Waals surface area contributed by atoms with Gasteiger partial charge in [0, 0.05) is 12.7 Å². The van der Waals surface area contributed by atoms with E-state index in [1.54, 1.807) is 19.2 Å². The van der Waals surface area contributed by atoms with Crippen LogP contribution in [-0.4, -0.2) is 24.5 Å². The largest absolute Gasteiger partial charge is 0.399 e. The second-order valence-corrected chi connectivity index (χ2v) is 7.83. The lowest BCUT2D eigenvalue weighted by Gasteiger charge is -2.15. The van der Waals surface area contributed by atoms with E-state index < -0.39 is 0 Å². The number of nitrogen functional groups attached to an aromatic ring is 1. The van der Waals surface area contributed by atoms with Crippen LogP contribution in [0.1, 0.15) is 36.1 Å². The highest BCUT2D eigenvalue weighted by atomic mass is 19.1. The molecule has 5 nitrogen and oxygen atoms in total. The molecule has 1 unspecified atom stereocenters. The van der Waals surface area contributed by atoms with Crippen molar-refractivity contribution in [2.75, 3.05) is 12.8 Å². The van der Waals surface area contributed by atoms with Gasteiger partial charge in [0.2, 0.25) is 5.91 Å². The summed E-state index contributed by atoms with van der Waals surface area (Å²) in [5, 5.41) is 2.90. The van der Waals surface area contributed by atoms with Gasteiger partial charge in [-0.2, -0.15) is 0 Å². The SMILES string of the molecule is C=C.CN=C(NC(=O)Cc1ccc(F)cc1)C(CCc1ccccc1)=NC(C)c1ccc(N)cc1. The number of carbonyl (C=O) groups is 1. The monoisotopic (exact) mass is 472 g/mol. The summed E-state index contributed by atoms with van der Waals surface area (Å²) in [5.74, 6) is -0.114. The fourth-order valence-corrected chi connectivity index (χ4v) is 3.46. The molecule has 0 spiro atoms. The smallest absolute Gasteiger partial charge is 0.229 e. The normalized spacial score (nSPS) is 12.3. The first kappa shape index (κ1) is 27.2. The summed E-state index contributed by atoms with van der Waals surface area (Å²) in [7, 11) is 1.64. The number of halogens is 1. The van der Waals surface area contributed by atoms with Crippen LogP contribution < -0.4 is 11.1 Å². The molecule has 3 aromatic rings. The first-order chi connectivity index (χ1) is 16.9. The molecule has 0 saturated heterocycles. The molecule has 0 aromatic heterocycles. The molecule has 35 heavy (non-hydrogen) atoms. The van der Waals surface area contributed by atoms with E-state index in [1.807, 2.05) is 49.4 Å². The van der Waals surface area contributed by atoms with Gasteiger partial charge in [-0.15, -0.1) is 13.2 Å². The van der Waals surface area contributed by atoms with Crippen LogP contribution in [0.3, 0.4) is 0 Å². The lowest BCUT2D eigenvalue weighted by atomic mass is 10.0. The molecule has 0 bridgehead atoms. The molecular weight excluding hydrogens is 439 g/mol. The Hall–Kier alpha value is -4.06. The molecule has 0 aliphatic carbocycles. The minimum absolute atomic E-state index is 0.124. The van der Waals surface area contributed by atoms with Gasteiger partial charge in [-0.05, 0) is 60.7 Å². The second kappa shape index (κ2) is 14.3. The molecule has 3 N–H and O–H groups in total. The van der Waals surface area contributed by atoms with Gasteiger partial charge >= 0.3 is 0 Å². The Balaban J connectivity index is 0.00000210. The number of benzene rings is 3. The minimum Gasteiger partial charge on any atom is -0.399 e. The zero-order valence-electron chi connectivity index (χ0n) is 20.4. The topological polar surface area (TPSA) is 79.8 Å². The Labute approximate surface area is 207 Å². The number of anilines is 1. The van der Waals surface area contributed by atoms with E-state index in [0.717, 1.165) is 23.3 Å². The third-order valence-corrected chi connectivity index (χ3v) is 5.29. The van der Waals surface area contributed by atoms with Gasteiger partial charge in [0.1, 0.15) is 11.7 Å². The van der Waals surface area contributed by atoms with Crippen molar-refractivity contribution < 1.29 is 9.18 Å². The van der Waals surface area contributed by atoms with E-state index in [9.17, 15) is 9.18 Å². The first-order valence-corrected chi connectivity index (χ1v) is 11.4. The number of amidine groups is 1. The minimum atomic E-state index is -0.332. The number of rotatable bonds is 8. The summed E-state index contributed by atoms with van der Waals surface area (Å²) in [6.07, 6.45) is 1.51. The van der Waals surface area contributed by atoms with Crippen LogP contribution >= 0.6 is 0 Å². The van der Waals surface area contributed by atoms with Crippen molar-refractivity contribution in [3.63, 3.8) is 0 Å². The summed E-state index contributed by atoms with van der Waals surface area (Å²) >= 11 is 0. The Morgan fingerprint density at radius 2 is 1.60 bits per heavy atom. The third kappa shape index (κ3) is 9.01. The van der Waals surface area contributed by atoms with Crippen molar-refractivity contribution in [1.29, 1.82) is 0 Å². The van der Waals surface area contributed by atoms with Gasteiger partial charge < -0.3 is 11.1 Å². The number of hydrogen-bond acceptors (Lipinski definition) is 4. The van der Waals surface area contributed by atoms with Gasteiger partial charge in [0.05, 0.1) is 18.2 Å². The highest BCUT2D eigenvalue weighted by molar-refractivity contribution is 6.43. The molecule has 1 amide bonds. The van der Waals surface area contributed by atoms with Crippen LogP contribution in [0.15, 0.2) is 102 Å².